The molecule has 2 nitrogen and oxygen atoms in total. The first-order chi connectivity index (χ1) is 8.56. The monoisotopic (exact) mass is 287 g/mol. The Hall–Kier alpha value is -0.280. The Kier molecular flexibility index (Phi) is 4.54. The lowest BCUT2D eigenvalue weighted by Crippen LogP contribution is -2.51. The summed E-state index contributed by atoms with van der Waals surface area (Å²) in [4.78, 5) is 0. The fourth-order valence-corrected chi connectivity index (χ4v) is 2.88. The van der Waals surface area contributed by atoms with Gasteiger partial charge in [-0.2, -0.15) is 0 Å². The fourth-order valence-electron chi connectivity index (χ4n) is 2.45. The van der Waals surface area contributed by atoms with Crippen molar-refractivity contribution in [2.45, 2.75) is 44.2 Å². The van der Waals surface area contributed by atoms with Gasteiger partial charge in [-0.15, -0.1) is 0 Å². The van der Waals surface area contributed by atoms with E-state index < -0.39 is 6.10 Å². The average Bonchev–Trinajstić information content (AvgIpc) is 2.31. The van der Waals surface area contributed by atoms with E-state index in [1.54, 1.807) is 18.2 Å². The van der Waals surface area contributed by atoms with Crippen LogP contribution in [0.1, 0.15) is 44.3 Å². The minimum absolute atomic E-state index is 0.228. The number of aliphatic hydroxyl groups excluding tert-OH is 1. The Labute approximate surface area is 118 Å². The summed E-state index contributed by atoms with van der Waals surface area (Å²) in [6, 6.07) is 5.18. The predicted octanol–water partition coefficient (Wildman–Crippen LogP) is 3.95. The average molecular weight is 288 g/mol. The van der Waals surface area contributed by atoms with Crippen LogP contribution in [-0.2, 0) is 0 Å². The second-order valence-corrected chi connectivity index (χ2v) is 5.89. The zero-order valence-corrected chi connectivity index (χ0v) is 12.1. The lowest BCUT2D eigenvalue weighted by atomic mass is 9.75. The van der Waals surface area contributed by atoms with Gasteiger partial charge in [0.2, 0.25) is 0 Å². The van der Waals surface area contributed by atoms with E-state index >= 15 is 0 Å². The van der Waals surface area contributed by atoms with Crippen LogP contribution in [0, 0.1) is 0 Å². The van der Waals surface area contributed by atoms with Gasteiger partial charge < -0.3 is 10.4 Å². The summed E-state index contributed by atoms with van der Waals surface area (Å²) in [5.74, 6) is 0. The molecule has 1 aromatic carbocycles. The normalized spacial score (nSPS) is 19.3. The van der Waals surface area contributed by atoms with Gasteiger partial charge in [0.25, 0.3) is 0 Å². The molecule has 1 aromatic rings. The number of nitrogens with one attached hydrogen (secondary N) is 1. The highest BCUT2D eigenvalue weighted by Crippen LogP contribution is 2.35. The molecule has 1 aliphatic rings. The van der Waals surface area contributed by atoms with Crippen molar-refractivity contribution >= 4 is 23.2 Å². The van der Waals surface area contributed by atoms with E-state index in [9.17, 15) is 5.11 Å². The van der Waals surface area contributed by atoms with Gasteiger partial charge in [-0.3, -0.25) is 0 Å². The van der Waals surface area contributed by atoms with E-state index in [1.807, 2.05) is 0 Å². The largest absolute Gasteiger partial charge is 0.387 e. The fraction of sp³-hybridized carbons (Fsp3) is 0.571. The standard InChI is InChI=1S/C14H19Cl2NO/c1-2-14(6-3-7-14)17-9-13(18)11-8-10(15)4-5-12(11)16/h4-5,8,13,17-18H,2-3,6-7,9H2,1H3. The molecular formula is C14H19Cl2NO. The highest BCUT2D eigenvalue weighted by Gasteiger charge is 2.34. The van der Waals surface area contributed by atoms with Gasteiger partial charge in [-0.25, -0.2) is 0 Å². The Balaban J connectivity index is 1.99. The maximum Gasteiger partial charge on any atom is 0.0929 e. The van der Waals surface area contributed by atoms with Crippen LogP contribution in [0.3, 0.4) is 0 Å². The number of rotatable bonds is 5. The number of aliphatic hydroxyl groups is 1. The molecule has 0 aromatic heterocycles. The lowest BCUT2D eigenvalue weighted by Gasteiger charge is -2.43. The van der Waals surface area contributed by atoms with Gasteiger partial charge in [0.05, 0.1) is 6.10 Å². The van der Waals surface area contributed by atoms with E-state index in [2.05, 4.69) is 12.2 Å². The first-order valence-corrected chi connectivity index (χ1v) is 7.20. The zero-order chi connectivity index (χ0) is 13.2. The zero-order valence-electron chi connectivity index (χ0n) is 10.5. The van der Waals surface area contributed by atoms with Crippen molar-refractivity contribution in [3.63, 3.8) is 0 Å². The molecule has 1 aliphatic carbocycles. The minimum atomic E-state index is -0.611. The molecule has 0 spiro atoms. The van der Waals surface area contributed by atoms with E-state index in [1.165, 1.54) is 19.3 Å². The van der Waals surface area contributed by atoms with Gasteiger partial charge in [-0.1, -0.05) is 30.1 Å². The van der Waals surface area contributed by atoms with Crippen LogP contribution < -0.4 is 5.32 Å². The predicted molar refractivity (Wildman–Crippen MR) is 76.3 cm³/mol. The smallest absolute Gasteiger partial charge is 0.0929 e. The van der Waals surface area contributed by atoms with Gasteiger partial charge in [-0.05, 0) is 43.9 Å². The molecule has 1 atom stereocenters. The van der Waals surface area contributed by atoms with Crippen molar-refractivity contribution in [2.24, 2.45) is 0 Å². The van der Waals surface area contributed by atoms with E-state index in [0.29, 0.717) is 22.2 Å². The Morgan fingerprint density at radius 3 is 2.67 bits per heavy atom. The summed E-state index contributed by atoms with van der Waals surface area (Å²) < 4.78 is 0. The van der Waals surface area contributed by atoms with Crippen LogP contribution in [0.5, 0.6) is 0 Å². The second-order valence-electron chi connectivity index (χ2n) is 5.05. The third-order valence-electron chi connectivity index (χ3n) is 3.97. The molecule has 0 heterocycles. The summed E-state index contributed by atoms with van der Waals surface area (Å²) in [6.45, 7) is 2.71. The van der Waals surface area contributed by atoms with Gasteiger partial charge in [0.15, 0.2) is 0 Å². The molecule has 2 N–H and O–H groups in total. The molecule has 1 unspecified atom stereocenters. The number of halogens is 2. The molecule has 4 heteroatoms. The van der Waals surface area contributed by atoms with Crippen molar-refractivity contribution in [3.8, 4) is 0 Å². The van der Waals surface area contributed by atoms with Crippen molar-refractivity contribution < 1.29 is 5.11 Å². The molecule has 2 rings (SSSR count). The number of benzene rings is 1. The van der Waals surface area contributed by atoms with Crippen LogP contribution in [0.25, 0.3) is 0 Å². The van der Waals surface area contributed by atoms with Crippen LogP contribution >= 0.6 is 23.2 Å². The topological polar surface area (TPSA) is 32.3 Å². The van der Waals surface area contributed by atoms with Crippen LogP contribution in [0.2, 0.25) is 10.0 Å². The van der Waals surface area contributed by atoms with Crippen LogP contribution in [0.15, 0.2) is 18.2 Å². The number of hydrogen-bond donors (Lipinski definition) is 2. The quantitative estimate of drug-likeness (QED) is 0.860. The molecule has 18 heavy (non-hydrogen) atoms. The molecule has 0 aliphatic heterocycles. The first kappa shape index (κ1) is 14.1. The first-order valence-electron chi connectivity index (χ1n) is 6.44. The summed E-state index contributed by atoms with van der Waals surface area (Å²) in [5, 5.41) is 14.8. The summed E-state index contributed by atoms with van der Waals surface area (Å²) in [5.41, 5.74) is 0.925. The van der Waals surface area contributed by atoms with Crippen molar-refractivity contribution in [3.05, 3.63) is 33.8 Å². The molecule has 0 saturated heterocycles. The van der Waals surface area contributed by atoms with Gasteiger partial charge in [0, 0.05) is 27.7 Å². The lowest BCUT2D eigenvalue weighted by molar-refractivity contribution is 0.119. The Bertz CT molecular complexity index is 413. The molecule has 1 fully saturated rings. The molecular weight excluding hydrogens is 269 g/mol. The maximum atomic E-state index is 10.2. The van der Waals surface area contributed by atoms with Crippen molar-refractivity contribution in [2.75, 3.05) is 6.54 Å². The molecule has 100 valence electrons. The second kappa shape index (κ2) is 5.79. The molecule has 0 radical (unpaired) electrons. The van der Waals surface area contributed by atoms with E-state index in [-0.39, 0.29) is 5.54 Å². The minimum Gasteiger partial charge on any atom is -0.387 e. The number of hydrogen-bond acceptors (Lipinski definition) is 2. The third-order valence-corrected chi connectivity index (χ3v) is 4.55. The third kappa shape index (κ3) is 3.00. The highest BCUT2D eigenvalue weighted by atomic mass is 35.5. The SMILES string of the molecule is CCC1(NCC(O)c2cc(Cl)ccc2Cl)CCC1. The van der Waals surface area contributed by atoms with Crippen molar-refractivity contribution in [1.82, 2.24) is 5.32 Å². The van der Waals surface area contributed by atoms with E-state index in [4.69, 9.17) is 23.2 Å². The summed E-state index contributed by atoms with van der Waals surface area (Å²) in [6.07, 6.45) is 4.15. The molecule has 0 bridgehead atoms. The Morgan fingerprint density at radius 2 is 2.11 bits per heavy atom. The van der Waals surface area contributed by atoms with E-state index in [0.717, 1.165) is 6.42 Å². The van der Waals surface area contributed by atoms with Crippen LogP contribution in [0.4, 0.5) is 0 Å². The molecule has 1 saturated carbocycles. The summed E-state index contributed by atoms with van der Waals surface area (Å²) >= 11 is 12.0. The van der Waals surface area contributed by atoms with Crippen LogP contribution in [-0.4, -0.2) is 17.2 Å². The molecule has 0 amide bonds. The van der Waals surface area contributed by atoms with Crippen molar-refractivity contribution in [1.29, 1.82) is 0 Å². The van der Waals surface area contributed by atoms with Gasteiger partial charge in [0.1, 0.15) is 0 Å². The maximum absolute atomic E-state index is 10.2. The number of β-amino-alcohol motifs (C(OH)–C–C–N with tert-alkyl or cyclic N) is 1. The summed E-state index contributed by atoms with van der Waals surface area (Å²) in [7, 11) is 0. The van der Waals surface area contributed by atoms with Gasteiger partial charge >= 0.3 is 0 Å². The Morgan fingerprint density at radius 1 is 1.39 bits per heavy atom. The highest BCUT2D eigenvalue weighted by molar-refractivity contribution is 6.33.